The molecular weight excluding hydrogens is 347 g/mol. The summed E-state index contributed by atoms with van der Waals surface area (Å²) in [5, 5.41) is 3.25. The SMILES string of the molecule is CN=C(NCC(Cc1ccc(F)cc1)C(N)=O)N(C)CCC1CCOCC1. The molecule has 1 aromatic carbocycles. The normalized spacial score (nSPS) is 16.8. The molecular formula is C20H31FN4O2. The molecule has 1 fully saturated rings. The van der Waals surface area contributed by atoms with Crippen molar-refractivity contribution in [2.45, 2.75) is 25.7 Å². The maximum Gasteiger partial charge on any atom is 0.222 e. The summed E-state index contributed by atoms with van der Waals surface area (Å²) < 4.78 is 18.4. The van der Waals surface area contributed by atoms with Gasteiger partial charge in [0.15, 0.2) is 5.96 Å². The first-order chi connectivity index (χ1) is 13.0. The number of ether oxygens (including phenoxy) is 1. The van der Waals surface area contributed by atoms with E-state index in [-0.39, 0.29) is 11.7 Å². The van der Waals surface area contributed by atoms with Gasteiger partial charge in [0.2, 0.25) is 5.91 Å². The molecule has 1 aromatic rings. The second-order valence-electron chi connectivity index (χ2n) is 7.12. The quantitative estimate of drug-likeness (QED) is 0.534. The number of hydrogen-bond donors (Lipinski definition) is 2. The zero-order valence-electron chi connectivity index (χ0n) is 16.3. The molecule has 7 heteroatoms. The second kappa shape index (κ2) is 10.9. The van der Waals surface area contributed by atoms with Gasteiger partial charge in [-0.15, -0.1) is 0 Å². The number of primary amides is 1. The molecule has 0 aromatic heterocycles. The number of amides is 1. The molecule has 0 saturated carbocycles. The number of benzene rings is 1. The molecule has 1 heterocycles. The zero-order valence-corrected chi connectivity index (χ0v) is 16.3. The van der Waals surface area contributed by atoms with Crippen molar-refractivity contribution < 1.29 is 13.9 Å². The number of aliphatic imine (C=N–C) groups is 1. The van der Waals surface area contributed by atoms with Crippen molar-refractivity contribution in [3.8, 4) is 0 Å². The first kappa shape index (κ1) is 21.2. The molecule has 150 valence electrons. The van der Waals surface area contributed by atoms with E-state index in [0.29, 0.717) is 18.9 Å². The Bertz CT molecular complexity index is 615. The van der Waals surface area contributed by atoms with Crippen LogP contribution in [-0.2, 0) is 16.0 Å². The summed E-state index contributed by atoms with van der Waals surface area (Å²) in [6, 6.07) is 6.15. The van der Waals surface area contributed by atoms with Gasteiger partial charge in [0.05, 0.1) is 5.92 Å². The number of nitrogens with one attached hydrogen (secondary N) is 1. The standard InChI is InChI=1S/C20H31FN4O2/c1-23-20(25(2)10-7-15-8-11-27-12-9-15)24-14-17(19(22)26)13-16-3-5-18(21)6-4-16/h3-6,15,17H,7-14H2,1-2H3,(H2,22,26)(H,23,24). The largest absolute Gasteiger partial charge is 0.381 e. The van der Waals surface area contributed by atoms with E-state index in [0.717, 1.165) is 50.5 Å². The molecule has 0 radical (unpaired) electrons. The van der Waals surface area contributed by atoms with Crippen LogP contribution in [0.2, 0.25) is 0 Å². The first-order valence-corrected chi connectivity index (χ1v) is 9.53. The molecule has 1 unspecified atom stereocenters. The number of guanidine groups is 1. The van der Waals surface area contributed by atoms with Crippen LogP contribution in [0.15, 0.2) is 29.3 Å². The highest BCUT2D eigenvalue weighted by Crippen LogP contribution is 2.18. The van der Waals surface area contributed by atoms with Crippen molar-refractivity contribution >= 4 is 11.9 Å². The summed E-state index contributed by atoms with van der Waals surface area (Å²) in [6.07, 6.45) is 3.78. The van der Waals surface area contributed by atoms with Crippen molar-refractivity contribution in [1.29, 1.82) is 0 Å². The number of nitrogens with zero attached hydrogens (tertiary/aromatic N) is 2. The average Bonchev–Trinajstić information content (AvgIpc) is 2.68. The van der Waals surface area contributed by atoms with Gasteiger partial charge in [-0.2, -0.15) is 0 Å². The van der Waals surface area contributed by atoms with Crippen LogP contribution in [0.1, 0.15) is 24.8 Å². The van der Waals surface area contributed by atoms with Crippen LogP contribution in [0.3, 0.4) is 0 Å². The van der Waals surface area contributed by atoms with Crippen molar-refractivity contribution in [2.75, 3.05) is 40.4 Å². The van der Waals surface area contributed by atoms with Gasteiger partial charge >= 0.3 is 0 Å². The molecule has 1 atom stereocenters. The van der Waals surface area contributed by atoms with Crippen LogP contribution >= 0.6 is 0 Å². The monoisotopic (exact) mass is 378 g/mol. The van der Waals surface area contributed by atoms with Crippen molar-refractivity contribution in [3.05, 3.63) is 35.6 Å². The topological polar surface area (TPSA) is 79.9 Å². The summed E-state index contributed by atoms with van der Waals surface area (Å²) >= 11 is 0. The van der Waals surface area contributed by atoms with Crippen LogP contribution in [0, 0.1) is 17.7 Å². The Morgan fingerprint density at radius 3 is 2.63 bits per heavy atom. The van der Waals surface area contributed by atoms with Gasteiger partial charge in [-0.3, -0.25) is 9.79 Å². The third-order valence-corrected chi connectivity index (χ3v) is 5.09. The van der Waals surface area contributed by atoms with Crippen molar-refractivity contribution in [1.82, 2.24) is 10.2 Å². The summed E-state index contributed by atoms with van der Waals surface area (Å²) in [7, 11) is 3.72. The van der Waals surface area contributed by atoms with Crippen molar-refractivity contribution in [2.24, 2.45) is 22.6 Å². The van der Waals surface area contributed by atoms with E-state index in [1.807, 2.05) is 7.05 Å². The van der Waals surface area contributed by atoms with E-state index in [4.69, 9.17) is 10.5 Å². The molecule has 1 amide bonds. The van der Waals surface area contributed by atoms with Gasteiger partial charge in [-0.05, 0) is 49.3 Å². The minimum atomic E-state index is -0.392. The number of halogens is 1. The fourth-order valence-corrected chi connectivity index (χ4v) is 3.29. The molecule has 1 aliphatic rings. The van der Waals surface area contributed by atoms with E-state index >= 15 is 0 Å². The van der Waals surface area contributed by atoms with E-state index < -0.39 is 5.92 Å². The van der Waals surface area contributed by atoms with Gasteiger partial charge < -0.3 is 20.7 Å². The van der Waals surface area contributed by atoms with Crippen molar-refractivity contribution in [3.63, 3.8) is 0 Å². The van der Waals surface area contributed by atoms with E-state index in [1.165, 1.54) is 12.1 Å². The molecule has 1 saturated heterocycles. The Hall–Kier alpha value is -2.15. The van der Waals surface area contributed by atoms with Crippen LogP contribution in [0.5, 0.6) is 0 Å². The smallest absolute Gasteiger partial charge is 0.222 e. The molecule has 0 spiro atoms. The number of nitrogens with two attached hydrogens (primary N) is 1. The average molecular weight is 378 g/mol. The van der Waals surface area contributed by atoms with E-state index in [9.17, 15) is 9.18 Å². The predicted molar refractivity (Wildman–Crippen MR) is 105 cm³/mol. The Kier molecular flexibility index (Phi) is 8.51. The Morgan fingerprint density at radius 1 is 1.37 bits per heavy atom. The Morgan fingerprint density at radius 2 is 2.04 bits per heavy atom. The number of carbonyl (C=O) groups excluding carboxylic acids is 1. The van der Waals surface area contributed by atoms with Crippen LogP contribution < -0.4 is 11.1 Å². The third kappa shape index (κ3) is 7.17. The lowest BCUT2D eigenvalue weighted by Crippen LogP contribution is -2.44. The second-order valence-corrected chi connectivity index (χ2v) is 7.12. The molecule has 3 N–H and O–H groups in total. The number of rotatable bonds is 8. The first-order valence-electron chi connectivity index (χ1n) is 9.53. The lowest BCUT2D eigenvalue weighted by molar-refractivity contribution is -0.121. The fourth-order valence-electron chi connectivity index (χ4n) is 3.29. The summed E-state index contributed by atoms with van der Waals surface area (Å²) in [5.74, 6) is 0.367. The summed E-state index contributed by atoms with van der Waals surface area (Å²) in [6.45, 7) is 2.99. The maximum atomic E-state index is 13.0. The molecule has 2 rings (SSSR count). The highest BCUT2D eigenvalue weighted by molar-refractivity contribution is 5.81. The van der Waals surface area contributed by atoms with Gasteiger partial charge in [0, 0.05) is 40.4 Å². The molecule has 1 aliphatic heterocycles. The molecule has 0 bridgehead atoms. The van der Waals surface area contributed by atoms with Gasteiger partial charge in [0.1, 0.15) is 5.82 Å². The molecule has 6 nitrogen and oxygen atoms in total. The Balaban J connectivity index is 1.83. The number of hydrogen-bond acceptors (Lipinski definition) is 3. The summed E-state index contributed by atoms with van der Waals surface area (Å²) in [4.78, 5) is 18.2. The van der Waals surface area contributed by atoms with Gasteiger partial charge in [-0.25, -0.2) is 4.39 Å². The lowest BCUT2D eigenvalue weighted by atomic mass is 9.96. The van der Waals surface area contributed by atoms with E-state index in [1.54, 1.807) is 19.2 Å². The highest BCUT2D eigenvalue weighted by atomic mass is 19.1. The van der Waals surface area contributed by atoms with Crippen LogP contribution in [0.4, 0.5) is 4.39 Å². The minimum Gasteiger partial charge on any atom is -0.381 e. The summed E-state index contributed by atoms with van der Waals surface area (Å²) in [5.41, 5.74) is 6.44. The zero-order chi connectivity index (χ0) is 19.6. The van der Waals surface area contributed by atoms with Crippen LogP contribution in [-0.4, -0.2) is 57.2 Å². The number of carbonyl (C=O) groups is 1. The predicted octanol–water partition coefficient (Wildman–Crippen LogP) is 1.79. The Labute approximate surface area is 161 Å². The van der Waals surface area contributed by atoms with Crippen LogP contribution in [0.25, 0.3) is 0 Å². The van der Waals surface area contributed by atoms with E-state index in [2.05, 4.69) is 15.2 Å². The third-order valence-electron chi connectivity index (χ3n) is 5.09. The molecule has 0 aliphatic carbocycles. The fraction of sp³-hybridized carbons (Fsp3) is 0.600. The highest BCUT2D eigenvalue weighted by Gasteiger charge is 2.19. The maximum absolute atomic E-state index is 13.0. The van der Waals surface area contributed by atoms with Gasteiger partial charge in [-0.1, -0.05) is 12.1 Å². The molecule has 27 heavy (non-hydrogen) atoms. The lowest BCUT2D eigenvalue weighted by Gasteiger charge is -2.27. The minimum absolute atomic E-state index is 0.293. The van der Waals surface area contributed by atoms with Gasteiger partial charge in [0.25, 0.3) is 0 Å².